The number of benzene rings is 2. The molecule has 2 aromatic carbocycles. The number of anilines is 1. The molecule has 0 bridgehead atoms. The van der Waals surface area contributed by atoms with Gasteiger partial charge in [-0.15, -0.1) is 0 Å². The van der Waals surface area contributed by atoms with Crippen LogP contribution >= 0.6 is 11.6 Å². The second kappa shape index (κ2) is 12.3. The molecule has 0 radical (unpaired) electrons. The average molecular weight is 561 g/mol. The van der Waals surface area contributed by atoms with Crippen LogP contribution in [0.2, 0.25) is 5.02 Å². The molecular weight excluding hydrogens is 532 g/mol. The van der Waals surface area contributed by atoms with E-state index in [0.29, 0.717) is 46.9 Å². The molecule has 10 heteroatoms. The van der Waals surface area contributed by atoms with Crippen LogP contribution in [0.4, 0.5) is 5.82 Å². The topological polar surface area (TPSA) is 129 Å². The van der Waals surface area contributed by atoms with Crippen LogP contribution < -0.4 is 16.4 Å². The molecule has 3 heterocycles. The number of amides is 1. The Morgan fingerprint density at radius 1 is 1.18 bits per heavy atom. The average Bonchev–Trinajstić information content (AvgIpc) is 3.39. The predicted octanol–water partition coefficient (Wildman–Crippen LogP) is 4.59. The third-order valence-corrected chi connectivity index (χ3v) is 6.71. The fourth-order valence-electron chi connectivity index (χ4n) is 4.23. The van der Waals surface area contributed by atoms with Crippen LogP contribution in [0.25, 0.3) is 28.2 Å². The standard InChI is InChI=1S/C30H29ClN4O5/c1-18-16-38-25(15-33-18)17-39-30(37)21-6-4-20(5-7-21)22-10-23-11-24(40-29(23)26(31)12-22)14-35-28(36)9-3-19-2-8-27(32)34-13-19/h2-13,18,25,33H,14-17H2,1H3,(H2,32,34)(H,35,36)/b9-3+/t18-,25?/m1/s1. The number of halogens is 1. The highest BCUT2D eigenvalue weighted by Gasteiger charge is 2.20. The van der Waals surface area contributed by atoms with Crippen LogP contribution in [0, 0.1) is 0 Å². The van der Waals surface area contributed by atoms with Gasteiger partial charge in [-0.3, -0.25) is 4.79 Å². The molecular formula is C30H29ClN4O5. The van der Waals surface area contributed by atoms with Crippen molar-refractivity contribution in [2.75, 3.05) is 25.5 Å². The van der Waals surface area contributed by atoms with Crippen LogP contribution in [0.1, 0.15) is 28.6 Å². The number of fused-ring (bicyclic) bond motifs is 1. The van der Waals surface area contributed by atoms with Crippen LogP contribution in [-0.4, -0.2) is 48.8 Å². The molecule has 0 spiro atoms. The van der Waals surface area contributed by atoms with Crippen molar-refractivity contribution < 1.29 is 23.5 Å². The monoisotopic (exact) mass is 560 g/mol. The predicted molar refractivity (Wildman–Crippen MR) is 154 cm³/mol. The number of nitrogens with one attached hydrogen (secondary N) is 2. The Kier molecular flexibility index (Phi) is 8.45. The summed E-state index contributed by atoms with van der Waals surface area (Å²) < 4.78 is 17.0. The fraction of sp³-hybridized carbons (Fsp3) is 0.233. The number of pyridine rings is 1. The maximum Gasteiger partial charge on any atom is 0.338 e. The second-order valence-electron chi connectivity index (χ2n) is 9.60. The van der Waals surface area contributed by atoms with Gasteiger partial charge in [-0.25, -0.2) is 9.78 Å². The second-order valence-corrected chi connectivity index (χ2v) is 10.0. The van der Waals surface area contributed by atoms with E-state index in [9.17, 15) is 9.59 Å². The van der Waals surface area contributed by atoms with Crippen LogP contribution in [0.3, 0.4) is 0 Å². The first-order valence-corrected chi connectivity index (χ1v) is 13.2. The van der Waals surface area contributed by atoms with E-state index >= 15 is 0 Å². The van der Waals surface area contributed by atoms with Gasteiger partial charge in [-0.05, 0) is 72.2 Å². The zero-order valence-electron chi connectivity index (χ0n) is 21.9. The number of nitrogens with two attached hydrogens (primary N) is 1. The van der Waals surface area contributed by atoms with Gasteiger partial charge in [0.15, 0.2) is 5.58 Å². The Bertz CT molecular complexity index is 1520. The molecule has 4 N–H and O–H groups in total. The Morgan fingerprint density at radius 2 is 2.00 bits per heavy atom. The molecule has 206 valence electrons. The van der Waals surface area contributed by atoms with Gasteiger partial charge in [0.25, 0.3) is 0 Å². The van der Waals surface area contributed by atoms with Crippen molar-refractivity contribution in [2.24, 2.45) is 0 Å². The molecule has 1 fully saturated rings. The summed E-state index contributed by atoms with van der Waals surface area (Å²) in [6, 6.07) is 16.5. The van der Waals surface area contributed by atoms with Crippen molar-refractivity contribution in [1.29, 1.82) is 0 Å². The highest BCUT2D eigenvalue weighted by molar-refractivity contribution is 6.35. The number of morpholine rings is 1. The van der Waals surface area contributed by atoms with Crippen molar-refractivity contribution in [3.8, 4) is 11.1 Å². The van der Waals surface area contributed by atoms with Crippen molar-refractivity contribution in [2.45, 2.75) is 25.6 Å². The number of nitrogens with zero attached hydrogens (tertiary/aromatic N) is 1. The Labute approximate surface area is 236 Å². The molecule has 40 heavy (non-hydrogen) atoms. The van der Waals surface area contributed by atoms with Gasteiger partial charge in [0, 0.05) is 30.2 Å². The van der Waals surface area contributed by atoms with Crippen LogP contribution in [0.5, 0.6) is 0 Å². The normalized spacial score (nSPS) is 17.2. The third kappa shape index (κ3) is 6.87. The maximum absolute atomic E-state index is 12.5. The summed E-state index contributed by atoms with van der Waals surface area (Å²) in [4.78, 5) is 28.7. The third-order valence-electron chi connectivity index (χ3n) is 6.43. The summed E-state index contributed by atoms with van der Waals surface area (Å²) in [5, 5.41) is 7.34. The van der Waals surface area contributed by atoms with Crippen molar-refractivity contribution in [1.82, 2.24) is 15.6 Å². The van der Waals surface area contributed by atoms with E-state index in [1.165, 1.54) is 6.08 Å². The smallest absolute Gasteiger partial charge is 0.338 e. The molecule has 2 atom stereocenters. The maximum atomic E-state index is 12.5. The molecule has 1 saturated heterocycles. The lowest BCUT2D eigenvalue weighted by Gasteiger charge is -2.27. The first-order chi connectivity index (χ1) is 19.3. The number of rotatable bonds is 8. The van der Waals surface area contributed by atoms with Crippen LogP contribution in [-0.2, 0) is 20.8 Å². The Balaban J connectivity index is 1.19. The van der Waals surface area contributed by atoms with Gasteiger partial charge >= 0.3 is 5.97 Å². The van der Waals surface area contributed by atoms with E-state index in [0.717, 1.165) is 22.1 Å². The van der Waals surface area contributed by atoms with Gasteiger partial charge < -0.3 is 30.3 Å². The Hall–Kier alpha value is -4.18. The quantitative estimate of drug-likeness (QED) is 0.211. The first-order valence-electron chi connectivity index (χ1n) is 12.9. The van der Waals surface area contributed by atoms with E-state index in [-0.39, 0.29) is 25.2 Å². The van der Waals surface area contributed by atoms with Gasteiger partial charge in [0.2, 0.25) is 5.91 Å². The minimum absolute atomic E-state index is 0.148. The lowest BCUT2D eigenvalue weighted by atomic mass is 10.0. The van der Waals surface area contributed by atoms with Crippen molar-refractivity contribution >= 4 is 46.3 Å². The van der Waals surface area contributed by atoms with E-state index in [4.69, 9.17) is 31.2 Å². The number of ether oxygens (including phenoxy) is 2. The van der Waals surface area contributed by atoms with Gasteiger partial charge in [0.05, 0.1) is 23.7 Å². The van der Waals surface area contributed by atoms with Crippen molar-refractivity contribution in [3.63, 3.8) is 0 Å². The summed E-state index contributed by atoms with van der Waals surface area (Å²) in [7, 11) is 0. The number of carbonyl (C=O) groups is 2. The Morgan fingerprint density at radius 3 is 2.73 bits per heavy atom. The minimum atomic E-state index is -0.399. The molecule has 1 unspecified atom stereocenters. The number of carbonyl (C=O) groups excluding carboxylic acids is 2. The lowest BCUT2D eigenvalue weighted by Crippen LogP contribution is -2.46. The minimum Gasteiger partial charge on any atom is -0.459 e. The molecule has 4 aromatic rings. The molecule has 5 rings (SSSR count). The summed E-state index contributed by atoms with van der Waals surface area (Å²) in [6.45, 7) is 3.69. The van der Waals surface area contributed by atoms with Gasteiger partial charge in [0.1, 0.15) is 24.3 Å². The summed E-state index contributed by atoms with van der Waals surface area (Å²) in [5.74, 6) is 0.303. The molecule has 1 aliphatic heterocycles. The molecule has 1 aliphatic rings. The van der Waals surface area contributed by atoms with Gasteiger partial charge in [-0.2, -0.15) is 0 Å². The molecule has 0 saturated carbocycles. The number of aromatic nitrogens is 1. The lowest BCUT2D eigenvalue weighted by molar-refractivity contribution is -0.116. The summed E-state index contributed by atoms with van der Waals surface area (Å²) >= 11 is 6.52. The van der Waals surface area contributed by atoms with Crippen molar-refractivity contribution in [3.05, 3.63) is 88.8 Å². The first kappa shape index (κ1) is 27.4. The van der Waals surface area contributed by atoms with E-state index in [1.54, 1.807) is 42.6 Å². The van der Waals surface area contributed by atoms with Crippen LogP contribution in [0.15, 0.2) is 71.3 Å². The highest BCUT2D eigenvalue weighted by atomic mass is 35.5. The number of furan rings is 1. The number of nitrogen functional groups attached to an aromatic ring is 1. The molecule has 2 aromatic heterocycles. The number of hydrogen-bond acceptors (Lipinski definition) is 8. The van der Waals surface area contributed by atoms with Gasteiger partial charge in [-0.1, -0.05) is 23.7 Å². The van der Waals surface area contributed by atoms with E-state index < -0.39 is 5.97 Å². The largest absolute Gasteiger partial charge is 0.459 e. The highest BCUT2D eigenvalue weighted by Crippen LogP contribution is 2.33. The van der Waals surface area contributed by atoms with E-state index in [2.05, 4.69) is 15.6 Å². The summed E-state index contributed by atoms with van der Waals surface area (Å²) in [5.41, 5.74) is 9.07. The molecule has 1 amide bonds. The summed E-state index contributed by atoms with van der Waals surface area (Å²) in [6.07, 6.45) is 4.51. The molecule has 0 aliphatic carbocycles. The zero-order chi connectivity index (χ0) is 28.1. The number of esters is 1. The van der Waals surface area contributed by atoms with E-state index in [1.807, 2.05) is 31.2 Å². The zero-order valence-corrected chi connectivity index (χ0v) is 22.6. The fourth-order valence-corrected chi connectivity index (χ4v) is 4.49. The number of hydrogen-bond donors (Lipinski definition) is 3. The SMILES string of the molecule is C[C@@H]1COC(COC(=O)c2ccc(-c3cc(Cl)c4oc(CNC(=O)/C=C/c5ccc(N)nc5)cc4c3)cc2)CN1. The molecule has 9 nitrogen and oxygen atoms in total.